The quantitative estimate of drug-likeness (QED) is 0.653. The largest absolute Gasteiger partial charge is 0.353 e. The van der Waals surface area contributed by atoms with Crippen LogP contribution in [-0.2, 0) is 11.3 Å². The average molecular weight is 425 g/mol. The zero-order valence-electron chi connectivity index (χ0n) is 17.0. The summed E-state index contributed by atoms with van der Waals surface area (Å²) < 4.78 is 1.80. The van der Waals surface area contributed by atoms with E-state index in [0.29, 0.717) is 23.9 Å². The van der Waals surface area contributed by atoms with Crippen molar-refractivity contribution in [3.8, 4) is 5.95 Å². The first-order valence-electron chi connectivity index (χ1n) is 10.2. The van der Waals surface area contributed by atoms with Gasteiger partial charge in [0.2, 0.25) is 11.9 Å². The number of carbonyl (C=O) groups is 1. The van der Waals surface area contributed by atoms with Gasteiger partial charge in [-0.3, -0.25) is 9.36 Å². The first-order chi connectivity index (χ1) is 14.6. The first-order valence-corrected chi connectivity index (χ1v) is 10.6. The number of piperidine rings is 1. The van der Waals surface area contributed by atoms with E-state index in [1.807, 2.05) is 43.5 Å². The molecule has 4 rings (SSSR count). The lowest BCUT2D eigenvalue weighted by Gasteiger charge is -2.36. The molecule has 0 spiro atoms. The summed E-state index contributed by atoms with van der Waals surface area (Å²) in [4.78, 5) is 28.3. The molecule has 1 atom stereocenters. The molecule has 1 amide bonds. The van der Waals surface area contributed by atoms with Gasteiger partial charge in [-0.1, -0.05) is 23.7 Å². The number of hydrogen-bond acceptors (Lipinski definition) is 5. The second kappa shape index (κ2) is 9.26. The highest BCUT2D eigenvalue weighted by Gasteiger charge is 2.26. The summed E-state index contributed by atoms with van der Waals surface area (Å²) in [7, 11) is 0. The molecule has 1 aromatic carbocycles. The highest BCUT2D eigenvalue weighted by molar-refractivity contribution is 6.30. The van der Waals surface area contributed by atoms with Gasteiger partial charge in [-0.2, -0.15) is 4.98 Å². The highest BCUT2D eigenvalue weighted by Crippen LogP contribution is 2.26. The average Bonchev–Trinajstić information content (AvgIpc) is 3.27. The molecule has 3 aromatic rings. The fourth-order valence-corrected chi connectivity index (χ4v) is 4.04. The van der Waals surface area contributed by atoms with Crippen LogP contribution in [0.1, 0.15) is 36.9 Å². The Labute approximate surface area is 181 Å². The smallest absolute Gasteiger partial charge is 0.237 e. The van der Waals surface area contributed by atoms with Gasteiger partial charge in [0.1, 0.15) is 12.1 Å². The number of rotatable bonds is 6. The van der Waals surface area contributed by atoms with Gasteiger partial charge in [-0.05, 0) is 43.9 Å². The van der Waals surface area contributed by atoms with Crippen molar-refractivity contribution in [2.24, 2.45) is 0 Å². The number of carbonyl (C=O) groups excluding carboxylic acids is 1. The number of nitrogens with one attached hydrogen (secondary N) is 1. The van der Waals surface area contributed by atoms with Crippen LogP contribution in [0.15, 0.2) is 49.1 Å². The van der Waals surface area contributed by atoms with Crippen LogP contribution in [0.3, 0.4) is 0 Å². The van der Waals surface area contributed by atoms with E-state index in [9.17, 15) is 4.79 Å². The Morgan fingerprint density at radius 3 is 2.97 bits per heavy atom. The monoisotopic (exact) mass is 424 g/mol. The highest BCUT2D eigenvalue weighted by atomic mass is 35.5. The van der Waals surface area contributed by atoms with Crippen molar-refractivity contribution in [1.29, 1.82) is 0 Å². The molecule has 156 valence electrons. The maximum absolute atomic E-state index is 12.7. The minimum Gasteiger partial charge on any atom is -0.353 e. The maximum Gasteiger partial charge on any atom is 0.237 e. The second-order valence-corrected chi connectivity index (χ2v) is 8.03. The van der Waals surface area contributed by atoms with E-state index >= 15 is 0 Å². The van der Waals surface area contributed by atoms with Crippen molar-refractivity contribution in [2.75, 3.05) is 11.4 Å². The van der Waals surface area contributed by atoms with Crippen LogP contribution in [0, 0.1) is 6.92 Å². The van der Waals surface area contributed by atoms with E-state index in [0.717, 1.165) is 42.9 Å². The normalized spacial score (nSPS) is 16.5. The minimum absolute atomic E-state index is 0.0347. The Morgan fingerprint density at radius 2 is 2.17 bits per heavy atom. The third-order valence-electron chi connectivity index (χ3n) is 5.29. The third-order valence-corrected chi connectivity index (χ3v) is 5.52. The molecule has 0 radical (unpaired) electrons. The summed E-state index contributed by atoms with van der Waals surface area (Å²) in [6.45, 7) is 3.32. The van der Waals surface area contributed by atoms with Crippen molar-refractivity contribution in [3.05, 3.63) is 65.3 Å². The second-order valence-electron chi connectivity index (χ2n) is 7.59. The summed E-state index contributed by atoms with van der Waals surface area (Å²) >= 11 is 6.03. The number of imidazole rings is 1. The lowest BCUT2D eigenvalue weighted by Crippen LogP contribution is -2.43. The van der Waals surface area contributed by atoms with E-state index < -0.39 is 0 Å². The maximum atomic E-state index is 12.7. The summed E-state index contributed by atoms with van der Waals surface area (Å²) in [5, 5.41) is 3.70. The van der Waals surface area contributed by atoms with E-state index in [2.05, 4.69) is 20.2 Å². The van der Waals surface area contributed by atoms with E-state index in [1.165, 1.54) is 0 Å². The molecule has 1 saturated heterocycles. The van der Waals surface area contributed by atoms with Gasteiger partial charge >= 0.3 is 0 Å². The van der Waals surface area contributed by atoms with Gasteiger partial charge in [0, 0.05) is 54.7 Å². The third kappa shape index (κ3) is 4.97. The molecule has 1 unspecified atom stereocenters. The van der Waals surface area contributed by atoms with Crippen LogP contribution < -0.4 is 10.2 Å². The van der Waals surface area contributed by atoms with Crippen LogP contribution in [0.25, 0.3) is 5.95 Å². The standard InChI is InChI=1S/C22H25ClN6O/c1-16-11-20(27-22(26-16)28-10-8-24-15-28)29-9-3-2-7-19(29)13-21(30)25-14-17-5-4-6-18(23)12-17/h4-6,8,10-12,15,19H,2-3,7,9,13-14H2,1H3,(H,25,30). The zero-order chi connectivity index (χ0) is 20.9. The molecule has 1 aliphatic heterocycles. The summed E-state index contributed by atoms with van der Waals surface area (Å²) in [6, 6.07) is 9.65. The number of halogens is 1. The minimum atomic E-state index is 0.0347. The van der Waals surface area contributed by atoms with Crippen molar-refractivity contribution in [2.45, 2.75) is 45.2 Å². The van der Waals surface area contributed by atoms with Crippen molar-refractivity contribution in [1.82, 2.24) is 24.8 Å². The molecule has 1 N–H and O–H groups in total. The fourth-order valence-electron chi connectivity index (χ4n) is 3.82. The van der Waals surface area contributed by atoms with Crippen LogP contribution in [0.4, 0.5) is 5.82 Å². The molecule has 0 aliphatic carbocycles. The van der Waals surface area contributed by atoms with Crippen LogP contribution in [-0.4, -0.2) is 38.0 Å². The molecule has 8 heteroatoms. The molecule has 2 aromatic heterocycles. The van der Waals surface area contributed by atoms with Gasteiger partial charge in [0.15, 0.2) is 0 Å². The van der Waals surface area contributed by atoms with Gasteiger partial charge in [0.25, 0.3) is 0 Å². The number of aromatic nitrogens is 4. The summed E-state index contributed by atoms with van der Waals surface area (Å²) in [5.74, 6) is 1.49. The Morgan fingerprint density at radius 1 is 1.27 bits per heavy atom. The number of nitrogens with zero attached hydrogens (tertiary/aromatic N) is 5. The van der Waals surface area contributed by atoms with Crippen molar-refractivity contribution >= 4 is 23.3 Å². The lowest BCUT2D eigenvalue weighted by atomic mass is 9.99. The van der Waals surface area contributed by atoms with E-state index in [1.54, 1.807) is 17.1 Å². The van der Waals surface area contributed by atoms with Crippen molar-refractivity contribution < 1.29 is 4.79 Å². The van der Waals surface area contributed by atoms with E-state index in [4.69, 9.17) is 16.6 Å². The Balaban J connectivity index is 1.46. The fraction of sp³-hybridized carbons (Fsp3) is 0.364. The van der Waals surface area contributed by atoms with Crippen molar-refractivity contribution in [3.63, 3.8) is 0 Å². The SMILES string of the molecule is Cc1cc(N2CCCCC2CC(=O)NCc2cccc(Cl)c2)nc(-n2ccnc2)n1. The lowest BCUT2D eigenvalue weighted by molar-refractivity contribution is -0.121. The van der Waals surface area contributed by atoms with Gasteiger partial charge in [-0.15, -0.1) is 0 Å². The topological polar surface area (TPSA) is 75.9 Å². The predicted molar refractivity (Wildman–Crippen MR) is 117 cm³/mol. The molecule has 3 heterocycles. The number of anilines is 1. The molecular formula is C22H25ClN6O. The molecule has 1 fully saturated rings. The number of benzene rings is 1. The van der Waals surface area contributed by atoms with Crippen LogP contribution in [0.2, 0.25) is 5.02 Å². The molecule has 30 heavy (non-hydrogen) atoms. The van der Waals surface area contributed by atoms with Crippen LogP contribution >= 0.6 is 11.6 Å². The number of aryl methyl sites for hydroxylation is 1. The summed E-state index contributed by atoms with van der Waals surface area (Å²) in [6.07, 6.45) is 8.83. The molecular weight excluding hydrogens is 400 g/mol. The summed E-state index contributed by atoms with van der Waals surface area (Å²) in [5.41, 5.74) is 1.88. The Kier molecular flexibility index (Phi) is 6.28. The predicted octanol–water partition coefficient (Wildman–Crippen LogP) is 3.69. The Hall–Kier alpha value is -2.93. The van der Waals surface area contributed by atoms with Gasteiger partial charge < -0.3 is 10.2 Å². The molecule has 7 nitrogen and oxygen atoms in total. The van der Waals surface area contributed by atoms with Gasteiger partial charge in [0.05, 0.1) is 0 Å². The molecule has 0 bridgehead atoms. The van der Waals surface area contributed by atoms with Crippen LogP contribution in [0.5, 0.6) is 0 Å². The molecule has 0 saturated carbocycles. The zero-order valence-corrected chi connectivity index (χ0v) is 17.7. The van der Waals surface area contributed by atoms with E-state index in [-0.39, 0.29) is 11.9 Å². The first kappa shape index (κ1) is 20.3. The number of amides is 1. The number of hydrogen-bond donors (Lipinski definition) is 1. The van der Waals surface area contributed by atoms with Gasteiger partial charge in [-0.25, -0.2) is 9.97 Å². The molecule has 1 aliphatic rings. The Bertz CT molecular complexity index is 1010.